The molecule has 0 aliphatic carbocycles. The van der Waals surface area contributed by atoms with Crippen LogP contribution in [0.1, 0.15) is 54.7 Å². The topological polar surface area (TPSA) is 90.2 Å². The number of benzene rings is 2. The van der Waals surface area contributed by atoms with Crippen molar-refractivity contribution in [2.75, 3.05) is 27.3 Å². The summed E-state index contributed by atoms with van der Waals surface area (Å²) in [4.78, 5) is 26.3. The summed E-state index contributed by atoms with van der Waals surface area (Å²) in [5.74, 6) is -0.458. The van der Waals surface area contributed by atoms with E-state index in [1.807, 2.05) is 12.1 Å². The summed E-state index contributed by atoms with van der Waals surface area (Å²) in [6.45, 7) is 0.976. The van der Waals surface area contributed by atoms with Gasteiger partial charge in [0.15, 0.2) is 11.5 Å². The molecule has 3 heterocycles. The molecule has 0 unspecified atom stereocenters. The maximum atomic E-state index is 15.6. The summed E-state index contributed by atoms with van der Waals surface area (Å²) in [7, 11) is 3.06. The van der Waals surface area contributed by atoms with Crippen molar-refractivity contribution in [2.24, 2.45) is 5.92 Å². The zero-order chi connectivity index (χ0) is 27.7. The first-order valence-corrected chi connectivity index (χ1v) is 13.2. The van der Waals surface area contributed by atoms with Gasteiger partial charge in [-0.05, 0) is 49.1 Å². The van der Waals surface area contributed by atoms with Crippen molar-refractivity contribution in [3.05, 3.63) is 76.3 Å². The van der Waals surface area contributed by atoms with Crippen LogP contribution in [0.2, 0.25) is 5.02 Å². The fourth-order valence-corrected chi connectivity index (χ4v) is 5.85. The zero-order valence-corrected chi connectivity index (χ0v) is 22.5. The number of nitrogens with zero attached hydrogens (tertiary/aromatic N) is 2. The van der Waals surface area contributed by atoms with Crippen LogP contribution in [-0.2, 0) is 14.3 Å². The Morgan fingerprint density at radius 3 is 2.54 bits per heavy atom. The third kappa shape index (κ3) is 5.33. The maximum Gasteiger partial charge on any atom is 0.303 e. The average molecular weight is 557 g/mol. The van der Waals surface area contributed by atoms with Crippen molar-refractivity contribution in [3.63, 3.8) is 0 Å². The molecule has 10 heteroatoms. The molecule has 2 atom stereocenters. The predicted octanol–water partition coefficient (Wildman–Crippen LogP) is 5.55. The number of carboxylic acid groups (broad SMARTS) is 1. The highest BCUT2D eigenvalue weighted by Gasteiger charge is 2.36. The molecule has 39 heavy (non-hydrogen) atoms. The van der Waals surface area contributed by atoms with Crippen molar-refractivity contribution in [2.45, 2.75) is 37.9 Å². The molecular formula is C29H30ClFN2O6. The van der Waals surface area contributed by atoms with E-state index in [4.69, 9.17) is 30.9 Å². The average Bonchev–Trinajstić information content (AvgIpc) is 3.35. The van der Waals surface area contributed by atoms with Crippen LogP contribution in [0, 0.1) is 11.7 Å². The highest BCUT2D eigenvalue weighted by Crippen LogP contribution is 2.47. The lowest BCUT2D eigenvalue weighted by atomic mass is 9.93. The first kappa shape index (κ1) is 27.0. The molecule has 1 saturated heterocycles. The van der Waals surface area contributed by atoms with Gasteiger partial charge in [-0.25, -0.2) is 4.39 Å². The molecular weight excluding hydrogens is 527 g/mol. The molecule has 2 aromatic carbocycles. The number of amides is 1. The number of carbonyl (C=O) groups is 2. The first-order chi connectivity index (χ1) is 18.8. The summed E-state index contributed by atoms with van der Waals surface area (Å²) in [5, 5.41) is 9.32. The predicted molar refractivity (Wildman–Crippen MR) is 142 cm³/mol. The SMILES string of the molecule is COc1cccc([C@@H]2O[C@@H](CC(=O)N3CCC(CC(=O)O)CC3)c3cccn3-c3c(F)cc(Cl)cc32)c1OC. The minimum absolute atomic E-state index is 0.0275. The highest BCUT2D eigenvalue weighted by atomic mass is 35.5. The Balaban J connectivity index is 1.52. The maximum absolute atomic E-state index is 15.6. The van der Waals surface area contributed by atoms with Crippen LogP contribution in [0.25, 0.3) is 5.69 Å². The summed E-state index contributed by atoms with van der Waals surface area (Å²) in [6.07, 6.45) is 1.62. The number of rotatable bonds is 7. The van der Waals surface area contributed by atoms with E-state index >= 15 is 4.39 Å². The molecule has 3 aromatic rings. The fourth-order valence-electron chi connectivity index (χ4n) is 5.64. The molecule has 0 bridgehead atoms. The Bertz CT molecular complexity index is 1380. The number of carboxylic acids is 1. The molecule has 1 amide bonds. The summed E-state index contributed by atoms with van der Waals surface area (Å²) in [5.41, 5.74) is 2.03. The Hall–Kier alpha value is -3.56. The second-order valence-electron chi connectivity index (χ2n) is 9.84. The van der Waals surface area contributed by atoms with E-state index < -0.39 is 24.0 Å². The van der Waals surface area contributed by atoms with Gasteiger partial charge in [-0.2, -0.15) is 0 Å². The third-order valence-electron chi connectivity index (χ3n) is 7.50. The number of methoxy groups -OCH3 is 2. The Kier molecular flexibility index (Phi) is 7.81. The number of hydrogen-bond acceptors (Lipinski definition) is 5. The molecule has 2 aliphatic rings. The van der Waals surface area contributed by atoms with Crippen LogP contribution in [0.15, 0.2) is 48.7 Å². The number of fused-ring (bicyclic) bond motifs is 3. The molecule has 1 fully saturated rings. The van der Waals surface area contributed by atoms with Crippen molar-refractivity contribution in [1.29, 1.82) is 0 Å². The number of para-hydroxylation sites is 1. The molecule has 1 N–H and O–H groups in total. The van der Waals surface area contributed by atoms with E-state index in [1.165, 1.54) is 20.3 Å². The molecule has 2 aliphatic heterocycles. The van der Waals surface area contributed by atoms with Gasteiger partial charge in [0.05, 0.1) is 32.0 Å². The van der Waals surface area contributed by atoms with Gasteiger partial charge in [0.1, 0.15) is 18.0 Å². The van der Waals surface area contributed by atoms with Gasteiger partial charge in [0, 0.05) is 41.9 Å². The molecule has 206 valence electrons. The van der Waals surface area contributed by atoms with Gasteiger partial charge in [-0.15, -0.1) is 0 Å². The Morgan fingerprint density at radius 2 is 1.85 bits per heavy atom. The molecule has 5 rings (SSSR count). The van der Waals surface area contributed by atoms with E-state index in [9.17, 15) is 9.59 Å². The number of ether oxygens (including phenoxy) is 3. The first-order valence-electron chi connectivity index (χ1n) is 12.8. The number of aliphatic carboxylic acids is 1. The van der Waals surface area contributed by atoms with Gasteiger partial charge in [0.2, 0.25) is 5.91 Å². The number of aromatic nitrogens is 1. The van der Waals surface area contributed by atoms with Crippen molar-refractivity contribution in [3.8, 4) is 17.2 Å². The van der Waals surface area contributed by atoms with Gasteiger partial charge in [-0.3, -0.25) is 9.59 Å². The standard InChI is InChI=1S/C29H30ClFN2O6/c1-37-23-7-3-5-19(29(23)38-2)28-20-14-18(30)15-21(31)27(20)33-10-4-6-22(33)24(39-28)16-25(34)32-11-8-17(9-12-32)13-26(35)36/h3-7,10,14-15,17,24,28H,8-9,11-13,16H2,1-2H3,(H,35,36)/t24-,28-/m0/s1. The molecule has 1 aromatic heterocycles. The van der Waals surface area contributed by atoms with Crippen LogP contribution in [0.5, 0.6) is 11.5 Å². The highest BCUT2D eigenvalue weighted by molar-refractivity contribution is 6.30. The number of carbonyl (C=O) groups excluding carboxylic acids is 1. The minimum atomic E-state index is -0.822. The summed E-state index contributed by atoms with van der Waals surface area (Å²) in [6, 6.07) is 11.9. The van der Waals surface area contributed by atoms with Crippen LogP contribution < -0.4 is 9.47 Å². The van der Waals surface area contributed by atoms with Crippen LogP contribution in [0.4, 0.5) is 4.39 Å². The second-order valence-corrected chi connectivity index (χ2v) is 10.3. The number of halogens is 2. The van der Waals surface area contributed by atoms with E-state index in [-0.39, 0.29) is 29.7 Å². The van der Waals surface area contributed by atoms with E-state index in [2.05, 4.69) is 0 Å². The van der Waals surface area contributed by atoms with Crippen molar-refractivity contribution in [1.82, 2.24) is 9.47 Å². The molecule has 0 radical (unpaired) electrons. The number of likely N-dealkylation sites (tertiary alicyclic amines) is 1. The van der Waals surface area contributed by atoms with Crippen molar-refractivity contribution < 1.29 is 33.3 Å². The van der Waals surface area contributed by atoms with E-state index in [0.717, 1.165) is 0 Å². The summed E-state index contributed by atoms with van der Waals surface area (Å²) < 4.78 is 35.2. The van der Waals surface area contributed by atoms with Crippen LogP contribution in [-0.4, -0.2) is 53.8 Å². The largest absolute Gasteiger partial charge is 0.493 e. The third-order valence-corrected chi connectivity index (χ3v) is 7.72. The lowest BCUT2D eigenvalue weighted by Gasteiger charge is -2.33. The molecule has 0 spiro atoms. The van der Waals surface area contributed by atoms with Crippen LogP contribution in [0.3, 0.4) is 0 Å². The van der Waals surface area contributed by atoms with Crippen molar-refractivity contribution >= 4 is 23.5 Å². The Labute approximate surface area is 230 Å². The normalized spacial score (nSPS) is 19.1. The monoisotopic (exact) mass is 556 g/mol. The minimum Gasteiger partial charge on any atom is -0.493 e. The lowest BCUT2D eigenvalue weighted by Crippen LogP contribution is -2.39. The van der Waals surface area contributed by atoms with Crippen LogP contribution >= 0.6 is 11.6 Å². The van der Waals surface area contributed by atoms with Gasteiger partial charge in [0.25, 0.3) is 0 Å². The lowest BCUT2D eigenvalue weighted by molar-refractivity contribution is -0.139. The second kappa shape index (κ2) is 11.3. The van der Waals surface area contributed by atoms with E-state index in [0.29, 0.717) is 59.9 Å². The molecule has 0 saturated carbocycles. The quantitative estimate of drug-likeness (QED) is 0.410. The number of hydrogen-bond donors (Lipinski definition) is 1. The smallest absolute Gasteiger partial charge is 0.303 e. The van der Waals surface area contributed by atoms with Gasteiger partial charge < -0.3 is 28.8 Å². The summed E-state index contributed by atoms with van der Waals surface area (Å²) >= 11 is 6.33. The zero-order valence-electron chi connectivity index (χ0n) is 21.7. The van der Waals surface area contributed by atoms with E-state index in [1.54, 1.807) is 39.9 Å². The van der Waals surface area contributed by atoms with Gasteiger partial charge in [-0.1, -0.05) is 23.7 Å². The Morgan fingerprint density at radius 1 is 1.08 bits per heavy atom. The van der Waals surface area contributed by atoms with Gasteiger partial charge >= 0.3 is 5.97 Å². The number of piperidine rings is 1. The molecule has 8 nitrogen and oxygen atoms in total. The fraction of sp³-hybridized carbons (Fsp3) is 0.379.